The van der Waals surface area contributed by atoms with E-state index in [1.165, 1.54) is 4.90 Å². The number of aryl methyl sites for hydroxylation is 1. The van der Waals surface area contributed by atoms with Gasteiger partial charge in [-0.1, -0.05) is 6.92 Å². The summed E-state index contributed by atoms with van der Waals surface area (Å²) in [4.78, 5) is 27.9. The van der Waals surface area contributed by atoms with Crippen LogP contribution >= 0.6 is 0 Å². The largest absolute Gasteiger partial charge is 0.354 e. The molecule has 2 N–H and O–H groups in total. The Hall–Kier alpha value is -3.55. The van der Waals surface area contributed by atoms with E-state index in [4.69, 9.17) is 6.42 Å². The first-order chi connectivity index (χ1) is 15.4. The molecular weight excluding hydrogens is 415 g/mol. The van der Waals surface area contributed by atoms with Crippen molar-refractivity contribution in [2.75, 3.05) is 13.1 Å². The van der Waals surface area contributed by atoms with Gasteiger partial charge in [-0.25, -0.2) is 4.39 Å². The average molecular weight is 442 g/mol. The quantitative estimate of drug-likeness (QED) is 0.491. The second kappa shape index (κ2) is 10.2. The van der Waals surface area contributed by atoms with Crippen LogP contribution in [0, 0.1) is 18.2 Å². The molecule has 2 aromatic rings. The minimum absolute atomic E-state index is 0.108. The smallest absolute Gasteiger partial charge is 0.275 e. The second-order valence-electron chi connectivity index (χ2n) is 7.55. The summed E-state index contributed by atoms with van der Waals surface area (Å²) < 4.78 is 15.9. The van der Waals surface area contributed by atoms with Gasteiger partial charge in [0.05, 0.1) is 12.4 Å². The maximum absolute atomic E-state index is 14.2. The fourth-order valence-electron chi connectivity index (χ4n) is 3.39. The summed E-state index contributed by atoms with van der Waals surface area (Å²) in [5, 5.41) is 21.3. The van der Waals surface area contributed by atoms with Crippen LogP contribution in [0.25, 0.3) is 0 Å². The van der Waals surface area contributed by atoms with E-state index in [0.717, 1.165) is 12.6 Å². The van der Waals surface area contributed by atoms with E-state index in [1.54, 1.807) is 17.1 Å². The van der Waals surface area contributed by atoms with E-state index >= 15 is 0 Å². The summed E-state index contributed by atoms with van der Waals surface area (Å²) in [6.07, 6.45) is 11.7. The predicted molar refractivity (Wildman–Crippen MR) is 114 cm³/mol. The van der Waals surface area contributed by atoms with Crippen molar-refractivity contribution in [1.82, 2.24) is 30.2 Å². The lowest BCUT2D eigenvalue weighted by molar-refractivity contribution is -0.126. The summed E-state index contributed by atoms with van der Waals surface area (Å²) in [5.41, 5.74) is -0.463. The molecule has 0 saturated heterocycles. The molecular formula is C21H27FN8O2. The summed E-state index contributed by atoms with van der Waals surface area (Å²) in [6, 6.07) is -1.01. The van der Waals surface area contributed by atoms with Gasteiger partial charge in [0.1, 0.15) is 6.04 Å². The Bertz CT molecular complexity index is 1020. The highest BCUT2D eigenvalue weighted by atomic mass is 19.1. The number of hydrogen-bond donors (Lipinski definition) is 2. The number of carbonyl (C=O) groups excluding carboxylic acids is 2. The molecule has 0 fully saturated rings. The number of nitrogens with zero attached hydrogens (tertiary/aromatic N) is 6. The molecule has 0 saturated carbocycles. The van der Waals surface area contributed by atoms with Crippen LogP contribution in [0.3, 0.4) is 0 Å². The number of aromatic nitrogens is 4. The van der Waals surface area contributed by atoms with Gasteiger partial charge in [-0.2, -0.15) is 20.4 Å². The molecule has 3 rings (SSSR count). The SMILES string of the molecule is C#CCCC1(CCN(C(=O)c2[nH]ncc2F)C(C(=O)NCCC)c2cnn(CC)c2)N=N1. The van der Waals surface area contributed by atoms with Crippen molar-refractivity contribution in [1.29, 1.82) is 0 Å². The number of nitrogens with one attached hydrogen (secondary N) is 2. The molecule has 0 spiro atoms. The highest BCUT2D eigenvalue weighted by Crippen LogP contribution is 2.37. The van der Waals surface area contributed by atoms with Crippen molar-refractivity contribution >= 4 is 11.8 Å². The molecule has 0 bridgehead atoms. The first-order valence-electron chi connectivity index (χ1n) is 10.6. The zero-order valence-corrected chi connectivity index (χ0v) is 18.2. The minimum atomic E-state index is -1.01. The van der Waals surface area contributed by atoms with E-state index in [1.807, 2.05) is 13.8 Å². The zero-order valence-electron chi connectivity index (χ0n) is 18.2. The number of hydrogen-bond acceptors (Lipinski definition) is 6. The van der Waals surface area contributed by atoms with Gasteiger partial charge < -0.3 is 10.2 Å². The van der Waals surface area contributed by atoms with Crippen molar-refractivity contribution in [3.05, 3.63) is 35.7 Å². The van der Waals surface area contributed by atoms with Crippen molar-refractivity contribution in [3.8, 4) is 12.3 Å². The van der Waals surface area contributed by atoms with Gasteiger partial charge in [0, 0.05) is 50.7 Å². The Morgan fingerprint density at radius 2 is 2.12 bits per heavy atom. The monoisotopic (exact) mass is 442 g/mol. The number of carbonyl (C=O) groups is 2. The maximum atomic E-state index is 14.2. The highest BCUT2D eigenvalue weighted by Gasteiger charge is 2.42. The van der Waals surface area contributed by atoms with Crippen LogP contribution in [-0.4, -0.2) is 55.4 Å². The molecule has 1 aliphatic rings. The van der Waals surface area contributed by atoms with E-state index in [-0.39, 0.29) is 18.1 Å². The molecule has 0 aliphatic carbocycles. The van der Waals surface area contributed by atoms with Crippen LogP contribution in [0.5, 0.6) is 0 Å². The topological polar surface area (TPSA) is 121 Å². The number of terminal acetylenes is 1. The van der Waals surface area contributed by atoms with Crippen LogP contribution in [0.4, 0.5) is 4.39 Å². The van der Waals surface area contributed by atoms with Gasteiger partial charge in [-0.05, 0) is 13.3 Å². The fourth-order valence-corrected chi connectivity index (χ4v) is 3.39. The van der Waals surface area contributed by atoms with Gasteiger partial charge in [-0.15, -0.1) is 12.3 Å². The minimum Gasteiger partial charge on any atom is -0.354 e. The Labute approximate surface area is 185 Å². The lowest BCUT2D eigenvalue weighted by Crippen LogP contribution is -2.45. The summed E-state index contributed by atoms with van der Waals surface area (Å²) in [7, 11) is 0. The van der Waals surface area contributed by atoms with E-state index in [2.05, 4.69) is 36.8 Å². The van der Waals surface area contributed by atoms with Crippen molar-refractivity contribution < 1.29 is 14.0 Å². The molecule has 32 heavy (non-hydrogen) atoms. The maximum Gasteiger partial charge on any atom is 0.275 e. The van der Waals surface area contributed by atoms with Crippen molar-refractivity contribution in [2.24, 2.45) is 10.2 Å². The molecule has 0 aromatic carbocycles. The Morgan fingerprint density at radius 1 is 1.34 bits per heavy atom. The molecule has 2 aromatic heterocycles. The number of rotatable bonds is 12. The van der Waals surface area contributed by atoms with Crippen molar-refractivity contribution in [3.63, 3.8) is 0 Å². The summed E-state index contributed by atoms with van der Waals surface area (Å²) >= 11 is 0. The molecule has 2 amide bonds. The average Bonchev–Trinajstić information content (AvgIpc) is 3.18. The van der Waals surface area contributed by atoms with Crippen LogP contribution in [0.15, 0.2) is 28.8 Å². The summed E-state index contributed by atoms with van der Waals surface area (Å²) in [5.74, 6) is 0.710. The third kappa shape index (κ3) is 5.19. The molecule has 170 valence electrons. The lowest BCUT2D eigenvalue weighted by atomic mass is 10.0. The first-order valence-corrected chi connectivity index (χ1v) is 10.6. The number of H-pyrrole nitrogens is 1. The Morgan fingerprint density at radius 3 is 2.69 bits per heavy atom. The van der Waals surface area contributed by atoms with Crippen LogP contribution in [-0.2, 0) is 11.3 Å². The molecule has 0 radical (unpaired) electrons. The molecule has 1 aliphatic heterocycles. The standard InChI is InChI=1S/C21H27FN8O2/c1-4-7-8-21(27-28-21)9-11-30(20(32)17-16(22)13-24-26-17)18(19(31)23-10-5-2)15-12-25-29(6-3)14-15/h1,12-14,18H,5-11H2,2-3H3,(H,23,31)(H,24,26). The zero-order chi connectivity index (χ0) is 23.1. The molecule has 1 atom stereocenters. The van der Waals surface area contributed by atoms with Crippen LogP contribution in [0.2, 0.25) is 0 Å². The van der Waals surface area contributed by atoms with E-state index in [9.17, 15) is 14.0 Å². The fraction of sp³-hybridized carbons (Fsp3) is 0.524. The predicted octanol–water partition coefficient (Wildman–Crippen LogP) is 2.44. The number of aromatic amines is 1. The van der Waals surface area contributed by atoms with E-state index in [0.29, 0.717) is 37.9 Å². The first kappa shape index (κ1) is 23.1. The van der Waals surface area contributed by atoms with Gasteiger partial charge in [0.25, 0.3) is 5.91 Å². The normalized spacial score (nSPS) is 14.6. The van der Waals surface area contributed by atoms with Crippen molar-refractivity contribution in [2.45, 2.75) is 57.8 Å². The molecule has 10 nitrogen and oxygen atoms in total. The number of amides is 2. The second-order valence-corrected chi connectivity index (χ2v) is 7.55. The molecule has 3 heterocycles. The van der Waals surface area contributed by atoms with Gasteiger partial charge >= 0.3 is 0 Å². The van der Waals surface area contributed by atoms with Gasteiger partial charge in [0.15, 0.2) is 17.2 Å². The molecule has 11 heteroatoms. The third-order valence-corrected chi connectivity index (χ3v) is 5.28. The Kier molecular flexibility index (Phi) is 7.35. The highest BCUT2D eigenvalue weighted by molar-refractivity contribution is 5.96. The van der Waals surface area contributed by atoms with Crippen LogP contribution in [0.1, 0.15) is 61.6 Å². The summed E-state index contributed by atoms with van der Waals surface area (Å²) in [6.45, 7) is 4.99. The Balaban J connectivity index is 1.94. The van der Waals surface area contributed by atoms with Crippen LogP contribution < -0.4 is 5.32 Å². The van der Waals surface area contributed by atoms with Gasteiger partial charge in [-0.3, -0.25) is 19.4 Å². The van der Waals surface area contributed by atoms with E-state index < -0.39 is 23.4 Å². The lowest BCUT2D eigenvalue weighted by Gasteiger charge is -2.30. The third-order valence-electron chi connectivity index (χ3n) is 5.28. The number of halogens is 1. The molecule has 1 unspecified atom stereocenters. The van der Waals surface area contributed by atoms with Gasteiger partial charge in [0.2, 0.25) is 5.91 Å².